The molecule has 0 aromatic carbocycles. The van der Waals surface area contributed by atoms with E-state index < -0.39 is 0 Å². The normalized spacial score (nSPS) is 12.4. The Bertz CT molecular complexity index is 265. The lowest BCUT2D eigenvalue weighted by Gasteiger charge is -2.12. The van der Waals surface area contributed by atoms with Crippen LogP contribution >= 0.6 is 0 Å². The molecule has 144 valence electrons. The zero-order valence-electron chi connectivity index (χ0n) is 16.8. The molecule has 0 aromatic rings. The molecule has 1 unspecified atom stereocenters. The predicted molar refractivity (Wildman–Crippen MR) is 107 cm³/mol. The van der Waals surface area contributed by atoms with Crippen molar-refractivity contribution in [3.05, 3.63) is 0 Å². The van der Waals surface area contributed by atoms with E-state index in [1.165, 1.54) is 89.9 Å². The third-order valence-electron chi connectivity index (χ3n) is 5.21. The van der Waals surface area contributed by atoms with E-state index in [4.69, 9.17) is 5.73 Å². The number of carbonyl (C=O) groups is 1. The summed E-state index contributed by atoms with van der Waals surface area (Å²) in [4.78, 5) is 11.4. The average Bonchev–Trinajstić information content (AvgIpc) is 2.57. The standard InChI is InChI=1S/C22H45NO/c1-3-5-7-8-9-10-11-12-13-14-15-16-17-18-20-21(22(23)24)19-6-4-2/h21H,3-20H2,1-2H3,(H2,23,24). The lowest BCUT2D eigenvalue weighted by Crippen LogP contribution is -2.23. The monoisotopic (exact) mass is 339 g/mol. The van der Waals surface area contributed by atoms with E-state index in [1.807, 2.05) is 0 Å². The molecule has 0 aliphatic carbocycles. The van der Waals surface area contributed by atoms with Gasteiger partial charge < -0.3 is 5.73 Å². The first-order valence-electron chi connectivity index (χ1n) is 11.0. The van der Waals surface area contributed by atoms with Gasteiger partial charge in [0.15, 0.2) is 0 Å². The van der Waals surface area contributed by atoms with E-state index in [0.29, 0.717) is 0 Å². The molecule has 0 heterocycles. The highest BCUT2D eigenvalue weighted by Gasteiger charge is 2.13. The minimum atomic E-state index is -0.0851. The summed E-state index contributed by atoms with van der Waals surface area (Å²) in [7, 11) is 0. The highest BCUT2D eigenvalue weighted by Crippen LogP contribution is 2.18. The number of primary amides is 1. The molecule has 0 spiro atoms. The van der Waals surface area contributed by atoms with Crippen molar-refractivity contribution in [3.8, 4) is 0 Å². The molecule has 2 N–H and O–H groups in total. The molecule has 0 radical (unpaired) electrons. The van der Waals surface area contributed by atoms with Gasteiger partial charge in [0, 0.05) is 5.92 Å². The maximum absolute atomic E-state index is 11.4. The van der Waals surface area contributed by atoms with Crippen LogP contribution in [0.4, 0.5) is 0 Å². The van der Waals surface area contributed by atoms with Crippen molar-refractivity contribution in [2.45, 2.75) is 129 Å². The lowest BCUT2D eigenvalue weighted by atomic mass is 9.94. The number of hydrogen-bond donors (Lipinski definition) is 1. The molecule has 0 saturated carbocycles. The van der Waals surface area contributed by atoms with Crippen LogP contribution in [0.5, 0.6) is 0 Å². The van der Waals surface area contributed by atoms with Gasteiger partial charge in [0.1, 0.15) is 0 Å². The van der Waals surface area contributed by atoms with E-state index in [9.17, 15) is 4.79 Å². The van der Waals surface area contributed by atoms with Crippen molar-refractivity contribution in [3.63, 3.8) is 0 Å². The smallest absolute Gasteiger partial charge is 0.220 e. The van der Waals surface area contributed by atoms with Gasteiger partial charge in [0.05, 0.1) is 0 Å². The van der Waals surface area contributed by atoms with Crippen molar-refractivity contribution < 1.29 is 4.79 Å². The largest absolute Gasteiger partial charge is 0.369 e. The summed E-state index contributed by atoms with van der Waals surface area (Å²) in [5.41, 5.74) is 5.49. The number of amides is 1. The molecule has 0 saturated heterocycles. The Hall–Kier alpha value is -0.530. The maximum atomic E-state index is 11.4. The molecular weight excluding hydrogens is 294 g/mol. The van der Waals surface area contributed by atoms with E-state index in [1.54, 1.807) is 0 Å². The Morgan fingerprint density at radius 3 is 1.29 bits per heavy atom. The Balaban J connectivity index is 3.25. The highest BCUT2D eigenvalue weighted by atomic mass is 16.1. The zero-order valence-corrected chi connectivity index (χ0v) is 16.8. The van der Waals surface area contributed by atoms with Gasteiger partial charge in [-0.1, -0.05) is 117 Å². The quantitative estimate of drug-likeness (QED) is 0.249. The van der Waals surface area contributed by atoms with Crippen LogP contribution in [-0.2, 0) is 4.79 Å². The molecule has 0 aliphatic rings. The lowest BCUT2D eigenvalue weighted by molar-refractivity contribution is -0.122. The van der Waals surface area contributed by atoms with Crippen LogP contribution in [0.25, 0.3) is 0 Å². The van der Waals surface area contributed by atoms with E-state index >= 15 is 0 Å². The first-order chi connectivity index (χ1) is 11.7. The molecular formula is C22H45NO. The van der Waals surface area contributed by atoms with Gasteiger partial charge in [-0.3, -0.25) is 4.79 Å². The van der Waals surface area contributed by atoms with Crippen LogP contribution in [0.1, 0.15) is 129 Å². The van der Waals surface area contributed by atoms with Crippen molar-refractivity contribution in [2.24, 2.45) is 11.7 Å². The van der Waals surface area contributed by atoms with Crippen LogP contribution < -0.4 is 5.73 Å². The van der Waals surface area contributed by atoms with Crippen molar-refractivity contribution in [2.75, 3.05) is 0 Å². The fraction of sp³-hybridized carbons (Fsp3) is 0.955. The van der Waals surface area contributed by atoms with Crippen LogP contribution in [0.15, 0.2) is 0 Å². The molecule has 2 heteroatoms. The van der Waals surface area contributed by atoms with Gasteiger partial charge in [0.25, 0.3) is 0 Å². The van der Waals surface area contributed by atoms with Crippen LogP contribution in [0.3, 0.4) is 0 Å². The summed E-state index contributed by atoms with van der Waals surface area (Å²) in [6, 6.07) is 0. The maximum Gasteiger partial charge on any atom is 0.220 e. The van der Waals surface area contributed by atoms with Gasteiger partial charge in [-0.05, 0) is 12.8 Å². The second-order valence-corrected chi connectivity index (χ2v) is 7.63. The summed E-state index contributed by atoms with van der Waals surface area (Å²) in [6.45, 7) is 4.45. The van der Waals surface area contributed by atoms with Crippen LogP contribution in [0, 0.1) is 5.92 Å². The number of carbonyl (C=O) groups excluding carboxylic acids is 1. The summed E-state index contributed by atoms with van der Waals surface area (Å²) in [5.74, 6) is 0.0421. The first-order valence-corrected chi connectivity index (χ1v) is 11.0. The molecule has 0 rings (SSSR count). The molecule has 1 amide bonds. The SMILES string of the molecule is CCCCCCCCCCCCCCCCC(CCCC)C(N)=O. The van der Waals surface area contributed by atoms with Gasteiger partial charge in [-0.15, -0.1) is 0 Å². The molecule has 1 atom stereocenters. The van der Waals surface area contributed by atoms with Gasteiger partial charge in [-0.2, -0.15) is 0 Å². The third kappa shape index (κ3) is 16.3. The molecule has 2 nitrogen and oxygen atoms in total. The first kappa shape index (κ1) is 23.5. The second kappa shape index (κ2) is 18.8. The number of nitrogens with two attached hydrogens (primary N) is 1. The topological polar surface area (TPSA) is 43.1 Å². The predicted octanol–water partition coefficient (Wildman–Crippen LogP) is 7.15. The molecule has 0 fully saturated rings. The Morgan fingerprint density at radius 2 is 0.917 bits per heavy atom. The third-order valence-corrected chi connectivity index (χ3v) is 5.21. The number of rotatable bonds is 19. The molecule has 24 heavy (non-hydrogen) atoms. The summed E-state index contributed by atoms with van der Waals surface area (Å²) < 4.78 is 0. The molecule has 0 aromatic heterocycles. The van der Waals surface area contributed by atoms with E-state index in [-0.39, 0.29) is 11.8 Å². The minimum Gasteiger partial charge on any atom is -0.369 e. The van der Waals surface area contributed by atoms with Crippen LogP contribution in [-0.4, -0.2) is 5.91 Å². The summed E-state index contributed by atoms with van der Waals surface area (Å²) in [6.07, 6.45) is 23.6. The molecule has 0 aliphatic heterocycles. The number of hydrogen-bond acceptors (Lipinski definition) is 1. The van der Waals surface area contributed by atoms with Gasteiger partial charge in [-0.25, -0.2) is 0 Å². The minimum absolute atomic E-state index is 0.0851. The van der Waals surface area contributed by atoms with E-state index in [2.05, 4.69) is 13.8 Å². The number of unbranched alkanes of at least 4 members (excludes halogenated alkanes) is 14. The fourth-order valence-electron chi connectivity index (χ4n) is 3.46. The average molecular weight is 340 g/mol. The Labute approximate surface area is 152 Å². The van der Waals surface area contributed by atoms with Gasteiger partial charge >= 0.3 is 0 Å². The van der Waals surface area contributed by atoms with Crippen molar-refractivity contribution in [1.29, 1.82) is 0 Å². The Morgan fingerprint density at radius 1 is 0.583 bits per heavy atom. The van der Waals surface area contributed by atoms with Crippen LogP contribution in [0.2, 0.25) is 0 Å². The van der Waals surface area contributed by atoms with Crippen molar-refractivity contribution in [1.82, 2.24) is 0 Å². The van der Waals surface area contributed by atoms with Crippen molar-refractivity contribution >= 4 is 5.91 Å². The molecule has 0 bridgehead atoms. The van der Waals surface area contributed by atoms with Gasteiger partial charge in [0.2, 0.25) is 5.91 Å². The zero-order chi connectivity index (χ0) is 17.9. The Kier molecular flexibility index (Phi) is 18.4. The fourth-order valence-corrected chi connectivity index (χ4v) is 3.46. The summed E-state index contributed by atoms with van der Waals surface area (Å²) >= 11 is 0. The highest BCUT2D eigenvalue weighted by molar-refractivity contribution is 5.76. The second-order valence-electron chi connectivity index (χ2n) is 7.63. The van der Waals surface area contributed by atoms with E-state index in [0.717, 1.165) is 25.7 Å². The summed E-state index contributed by atoms with van der Waals surface area (Å²) in [5, 5.41) is 0.